The molecule has 21 heavy (non-hydrogen) atoms. The van der Waals surface area contributed by atoms with E-state index in [4.69, 9.17) is 5.73 Å². The molecular formula is C17H17FN2S. The highest BCUT2D eigenvalue weighted by Crippen LogP contribution is 2.35. The zero-order valence-electron chi connectivity index (χ0n) is 12.0. The molecule has 0 aliphatic heterocycles. The van der Waals surface area contributed by atoms with Crippen LogP contribution in [0.4, 0.5) is 4.39 Å². The van der Waals surface area contributed by atoms with Crippen LogP contribution in [0.1, 0.15) is 24.1 Å². The Hall–Kier alpha value is -1.78. The summed E-state index contributed by atoms with van der Waals surface area (Å²) < 4.78 is 13.8. The van der Waals surface area contributed by atoms with E-state index in [0.29, 0.717) is 5.56 Å². The third kappa shape index (κ3) is 2.82. The summed E-state index contributed by atoms with van der Waals surface area (Å²) in [6, 6.07) is 13.4. The van der Waals surface area contributed by atoms with Crippen molar-refractivity contribution in [2.45, 2.75) is 29.8 Å². The van der Waals surface area contributed by atoms with Gasteiger partial charge < -0.3 is 10.7 Å². The number of H-pyrrole nitrogens is 1. The van der Waals surface area contributed by atoms with Crippen LogP contribution in [-0.2, 0) is 0 Å². The maximum atomic E-state index is 13.8. The topological polar surface area (TPSA) is 41.8 Å². The number of benzene rings is 2. The van der Waals surface area contributed by atoms with Crippen molar-refractivity contribution in [3.63, 3.8) is 0 Å². The molecule has 0 radical (unpaired) electrons. The summed E-state index contributed by atoms with van der Waals surface area (Å²) in [5.41, 5.74) is 8.54. The van der Waals surface area contributed by atoms with Crippen molar-refractivity contribution in [2.24, 2.45) is 5.73 Å². The van der Waals surface area contributed by atoms with Crippen LogP contribution in [-0.4, -0.2) is 4.98 Å². The lowest BCUT2D eigenvalue weighted by Crippen LogP contribution is -2.07. The van der Waals surface area contributed by atoms with Crippen LogP contribution in [0.5, 0.6) is 0 Å². The van der Waals surface area contributed by atoms with E-state index >= 15 is 0 Å². The second-order valence-corrected chi connectivity index (χ2v) is 6.33. The van der Waals surface area contributed by atoms with Gasteiger partial charge in [-0.3, -0.25) is 0 Å². The van der Waals surface area contributed by atoms with E-state index in [0.717, 1.165) is 21.0 Å². The van der Waals surface area contributed by atoms with Gasteiger partial charge in [-0.25, -0.2) is 4.39 Å². The average Bonchev–Trinajstić information content (AvgIpc) is 2.84. The number of nitrogens with two attached hydrogens (primary N) is 1. The van der Waals surface area contributed by atoms with Crippen molar-refractivity contribution < 1.29 is 4.39 Å². The molecule has 0 aliphatic carbocycles. The van der Waals surface area contributed by atoms with Gasteiger partial charge in [0.1, 0.15) is 5.82 Å². The summed E-state index contributed by atoms with van der Waals surface area (Å²) in [5.74, 6) is -0.205. The lowest BCUT2D eigenvalue weighted by molar-refractivity contribution is 0.610. The second kappa shape index (κ2) is 5.54. The summed E-state index contributed by atoms with van der Waals surface area (Å²) in [4.78, 5) is 4.37. The molecule has 0 bridgehead atoms. The molecular weight excluding hydrogens is 283 g/mol. The minimum atomic E-state index is -0.205. The zero-order valence-corrected chi connectivity index (χ0v) is 12.8. The van der Waals surface area contributed by atoms with Gasteiger partial charge in [0.05, 0.1) is 5.03 Å². The molecule has 3 rings (SSSR count). The van der Waals surface area contributed by atoms with Crippen molar-refractivity contribution in [2.75, 3.05) is 0 Å². The van der Waals surface area contributed by atoms with Crippen LogP contribution in [0.15, 0.2) is 52.4 Å². The molecule has 3 N–H and O–H groups in total. The minimum absolute atomic E-state index is 0.202. The molecule has 0 saturated heterocycles. The molecule has 0 amide bonds. The number of halogens is 1. The van der Waals surface area contributed by atoms with Crippen molar-refractivity contribution >= 4 is 22.7 Å². The van der Waals surface area contributed by atoms with E-state index in [1.165, 1.54) is 5.39 Å². The number of nitrogens with one attached hydrogen (secondary N) is 1. The third-order valence-corrected chi connectivity index (χ3v) is 4.52. The lowest BCUT2D eigenvalue weighted by atomic mass is 10.1. The van der Waals surface area contributed by atoms with Crippen molar-refractivity contribution in [1.29, 1.82) is 0 Å². The largest absolute Gasteiger partial charge is 0.349 e. The molecule has 108 valence electrons. The van der Waals surface area contributed by atoms with Crippen LogP contribution in [0.2, 0.25) is 0 Å². The molecule has 0 aliphatic rings. The fourth-order valence-electron chi connectivity index (χ4n) is 2.33. The Morgan fingerprint density at radius 1 is 1.19 bits per heavy atom. The van der Waals surface area contributed by atoms with Gasteiger partial charge in [0, 0.05) is 21.8 Å². The van der Waals surface area contributed by atoms with E-state index in [1.54, 1.807) is 24.8 Å². The fraction of sp³-hybridized carbons (Fsp3) is 0.176. The van der Waals surface area contributed by atoms with Crippen LogP contribution in [0.3, 0.4) is 0 Å². The number of fused-ring (bicyclic) bond motifs is 1. The highest BCUT2D eigenvalue weighted by molar-refractivity contribution is 7.99. The average molecular weight is 300 g/mol. The van der Waals surface area contributed by atoms with Gasteiger partial charge in [-0.1, -0.05) is 30.0 Å². The van der Waals surface area contributed by atoms with E-state index < -0.39 is 0 Å². The normalized spacial score (nSPS) is 12.8. The monoisotopic (exact) mass is 300 g/mol. The molecule has 0 fully saturated rings. The van der Waals surface area contributed by atoms with Crippen LogP contribution >= 0.6 is 11.8 Å². The van der Waals surface area contributed by atoms with Gasteiger partial charge in [-0.15, -0.1) is 0 Å². The van der Waals surface area contributed by atoms with E-state index in [-0.39, 0.29) is 11.9 Å². The van der Waals surface area contributed by atoms with Gasteiger partial charge in [0.25, 0.3) is 0 Å². The summed E-state index contributed by atoms with van der Waals surface area (Å²) >= 11 is 1.59. The number of aryl methyl sites for hydroxylation is 1. The van der Waals surface area contributed by atoms with Gasteiger partial charge in [-0.2, -0.15) is 0 Å². The van der Waals surface area contributed by atoms with Crippen molar-refractivity contribution in [3.05, 3.63) is 59.4 Å². The second-order valence-electron chi connectivity index (χ2n) is 5.25. The smallest absolute Gasteiger partial charge is 0.126 e. The fourth-order valence-corrected chi connectivity index (χ4v) is 3.52. The minimum Gasteiger partial charge on any atom is -0.349 e. The van der Waals surface area contributed by atoms with Crippen molar-refractivity contribution in [1.82, 2.24) is 4.98 Å². The van der Waals surface area contributed by atoms with Crippen molar-refractivity contribution in [3.8, 4) is 0 Å². The molecule has 1 aromatic heterocycles. The van der Waals surface area contributed by atoms with Gasteiger partial charge in [0.15, 0.2) is 0 Å². The number of rotatable bonds is 3. The zero-order chi connectivity index (χ0) is 15.0. The predicted octanol–water partition coefficient (Wildman–Crippen LogP) is 4.79. The van der Waals surface area contributed by atoms with Crippen LogP contribution in [0.25, 0.3) is 10.9 Å². The lowest BCUT2D eigenvalue weighted by Gasteiger charge is -2.13. The first-order chi connectivity index (χ1) is 10.0. The summed E-state index contributed by atoms with van der Waals surface area (Å²) in [6.07, 6.45) is 0. The number of aromatic amines is 1. The number of para-hydroxylation sites is 1. The standard InChI is InChI=1S/C17H17FN2S/c1-10-7-16(13(11(2)19)9-14(10)18)21-17-8-12-5-3-4-6-15(12)20-17/h3-9,11,20H,19H2,1-2H3/t11-/m0/s1. The summed E-state index contributed by atoms with van der Waals surface area (Å²) in [6.45, 7) is 3.65. The molecule has 1 atom stereocenters. The highest BCUT2D eigenvalue weighted by atomic mass is 32.2. The first-order valence-corrected chi connectivity index (χ1v) is 7.67. The molecule has 2 nitrogen and oxygen atoms in total. The molecule has 0 spiro atoms. The summed E-state index contributed by atoms with van der Waals surface area (Å²) in [7, 11) is 0. The maximum Gasteiger partial charge on any atom is 0.126 e. The molecule has 4 heteroatoms. The maximum absolute atomic E-state index is 13.8. The first kappa shape index (κ1) is 14.2. The Labute approximate surface area is 127 Å². The van der Waals surface area contributed by atoms with Gasteiger partial charge in [0.2, 0.25) is 0 Å². The number of hydrogen-bond donors (Lipinski definition) is 2. The number of hydrogen-bond acceptors (Lipinski definition) is 2. The quantitative estimate of drug-likeness (QED) is 0.730. The van der Waals surface area contributed by atoms with Gasteiger partial charge >= 0.3 is 0 Å². The number of aromatic nitrogens is 1. The molecule has 0 unspecified atom stereocenters. The molecule has 3 aromatic rings. The Kier molecular flexibility index (Phi) is 3.74. The molecule has 0 saturated carbocycles. The Morgan fingerprint density at radius 3 is 2.67 bits per heavy atom. The highest BCUT2D eigenvalue weighted by Gasteiger charge is 2.13. The summed E-state index contributed by atoms with van der Waals surface area (Å²) in [5, 5.41) is 2.20. The molecule has 2 aromatic carbocycles. The van der Waals surface area contributed by atoms with E-state index in [9.17, 15) is 4.39 Å². The SMILES string of the molecule is Cc1cc(Sc2cc3ccccc3[nH]2)c([C@H](C)N)cc1F. The molecule has 1 heterocycles. The van der Waals surface area contributed by atoms with Gasteiger partial charge in [-0.05, 0) is 49.2 Å². The van der Waals surface area contributed by atoms with E-state index in [1.807, 2.05) is 31.2 Å². The predicted molar refractivity (Wildman–Crippen MR) is 86.2 cm³/mol. The first-order valence-electron chi connectivity index (χ1n) is 6.86. The Morgan fingerprint density at radius 2 is 1.95 bits per heavy atom. The van der Waals surface area contributed by atoms with E-state index in [2.05, 4.69) is 17.1 Å². The Bertz CT molecular complexity index is 760. The third-order valence-electron chi connectivity index (χ3n) is 3.51. The van der Waals surface area contributed by atoms with Crippen LogP contribution < -0.4 is 5.73 Å². The Balaban J connectivity index is 2.02. The van der Waals surface area contributed by atoms with Crippen LogP contribution in [0, 0.1) is 12.7 Å².